The predicted molar refractivity (Wildman–Crippen MR) is 292 cm³/mol. The maximum Gasteiger partial charge on any atom is 3.00 e. The van der Waals surface area contributed by atoms with E-state index in [0.29, 0.717) is 0 Å². The molecule has 0 fully saturated rings. The van der Waals surface area contributed by atoms with Crippen molar-refractivity contribution in [3.8, 4) is 17.2 Å². The van der Waals surface area contributed by atoms with Gasteiger partial charge in [-0.15, -0.1) is 17.2 Å². The van der Waals surface area contributed by atoms with Crippen molar-refractivity contribution >= 4 is 17.4 Å². The maximum absolute atomic E-state index is 11.6. The Hall–Kier alpha value is -2.41. The second-order valence-corrected chi connectivity index (χ2v) is 19.8. The second kappa shape index (κ2) is 51.4. The van der Waals surface area contributed by atoms with Crippen LogP contribution in [0, 0.1) is 0 Å². The van der Waals surface area contributed by atoms with Gasteiger partial charge in [-0.2, -0.15) is 0 Å². The average Bonchev–Trinajstić information content (AvgIpc) is 3.33. The molecule has 3 aromatic carbocycles. The van der Waals surface area contributed by atoms with Crippen LogP contribution in [0.2, 0.25) is 0 Å². The minimum absolute atomic E-state index is 0. The summed E-state index contributed by atoms with van der Waals surface area (Å²) in [6.07, 6.45) is 56.5. The molecule has 67 heavy (non-hydrogen) atoms. The minimum Gasteiger partial charge on any atom is -0.872 e. The SMILES string of the molecule is CCCCCCCCCCCCCCCc1ccccc1[O-].CCCCCCCCCCCCCCCc1ccccc1[O-].CCCCCCCCCCCCCCCc1ccccc1[O-].[Al+3]. The quantitative estimate of drug-likeness (QED) is 0.0420. The van der Waals surface area contributed by atoms with Crippen molar-refractivity contribution in [1.29, 1.82) is 0 Å². The first-order valence-corrected chi connectivity index (χ1v) is 28.8. The Morgan fingerprint density at radius 2 is 0.373 bits per heavy atom. The standard InChI is InChI=1S/3C21H36O.Al/c3*1-2-3-4-5-6-7-8-9-10-11-12-13-14-17-20-18-15-16-19-21(20)22;/h3*15-16,18-19,22H,2-14,17H2,1H3;/q;;;+3/p-3. The maximum atomic E-state index is 11.6. The van der Waals surface area contributed by atoms with Gasteiger partial charge in [-0.3, -0.25) is 0 Å². The van der Waals surface area contributed by atoms with Gasteiger partial charge in [0, 0.05) is 0 Å². The fourth-order valence-corrected chi connectivity index (χ4v) is 9.13. The number of hydrogen-bond acceptors (Lipinski definition) is 3. The molecule has 378 valence electrons. The van der Waals surface area contributed by atoms with Crippen LogP contribution in [0.1, 0.15) is 288 Å². The van der Waals surface area contributed by atoms with E-state index in [1.807, 2.05) is 54.6 Å². The van der Waals surface area contributed by atoms with Gasteiger partial charge in [-0.1, -0.05) is 341 Å². The molecule has 0 unspecified atom stereocenters. The summed E-state index contributed by atoms with van der Waals surface area (Å²) in [5.41, 5.74) is 2.97. The van der Waals surface area contributed by atoms with E-state index >= 15 is 0 Å². The van der Waals surface area contributed by atoms with Crippen molar-refractivity contribution in [3.63, 3.8) is 0 Å². The van der Waals surface area contributed by atoms with E-state index in [9.17, 15) is 15.3 Å². The summed E-state index contributed by atoms with van der Waals surface area (Å²) in [7, 11) is 0. The van der Waals surface area contributed by atoms with Gasteiger partial charge in [0.2, 0.25) is 0 Å². The zero-order valence-electron chi connectivity index (χ0n) is 44.4. The Morgan fingerprint density at radius 1 is 0.224 bits per heavy atom. The Labute approximate surface area is 427 Å². The van der Waals surface area contributed by atoms with Crippen LogP contribution < -0.4 is 15.3 Å². The summed E-state index contributed by atoms with van der Waals surface area (Å²) in [6, 6.07) is 22.4. The fourth-order valence-electron chi connectivity index (χ4n) is 9.13. The second-order valence-electron chi connectivity index (χ2n) is 19.8. The summed E-state index contributed by atoms with van der Waals surface area (Å²) < 4.78 is 0. The normalized spacial score (nSPS) is 10.8. The smallest absolute Gasteiger partial charge is 0.872 e. The monoisotopic (exact) mass is 937 g/mol. The number of hydrogen-bond donors (Lipinski definition) is 0. The molecule has 3 nitrogen and oxygen atoms in total. The van der Waals surface area contributed by atoms with E-state index in [2.05, 4.69) is 20.8 Å². The Kier molecular flexibility index (Phi) is 49.6. The molecule has 0 spiro atoms. The molecule has 0 saturated carbocycles. The first-order valence-electron chi connectivity index (χ1n) is 28.8. The molecule has 0 amide bonds. The number of aryl methyl sites for hydroxylation is 3. The topological polar surface area (TPSA) is 69.2 Å². The Morgan fingerprint density at radius 3 is 0.537 bits per heavy atom. The van der Waals surface area contributed by atoms with Crippen LogP contribution in [-0.2, 0) is 19.3 Å². The van der Waals surface area contributed by atoms with Crippen LogP contribution in [-0.4, -0.2) is 17.4 Å². The summed E-state index contributed by atoms with van der Waals surface area (Å²) in [4.78, 5) is 0. The van der Waals surface area contributed by atoms with Gasteiger partial charge < -0.3 is 15.3 Å². The molecule has 0 heterocycles. The van der Waals surface area contributed by atoms with Gasteiger partial charge in [0.1, 0.15) is 0 Å². The first kappa shape index (κ1) is 64.6. The van der Waals surface area contributed by atoms with Gasteiger partial charge in [-0.25, -0.2) is 0 Å². The van der Waals surface area contributed by atoms with Crippen LogP contribution >= 0.6 is 0 Å². The Bertz CT molecular complexity index is 1250. The molecule has 0 aliphatic rings. The van der Waals surface area contributed by atoms with Crippen LogP contribution in [0.3, 0.4) is 0 Å². The van der Waals surface area contributed by atoms with E-state index in [1.54, 1.807) is 18.2 Å². The third-order valence-electron chi connectivity index (χ3n) is 13.6. The molecular weight excluding hydrogens is 832 g/mol. The number of para-hydroxylation sites is 3. The predicted octanol–water partition coefficient (Wildman–Crippen LogP) is 18.8. The molecule has 0 bridgehead atoms. The zero-order valence-corrected chi connectivity index (χ0v) is 45.6. The molecule has 3 aromatic rings. The Balaban J connectivity index is 0.000000968. The molecule has 0 aliphatic carbocycles. The zero-order chi connectivity index (χ0) is 47.6. The van der Waals surface area contributed by atoms with Crippen LogP contribution in [0.25, 0.3) is 0 Å². The van der Waals surface area contributed by atoms with Gasteiger partial charge >= 0.3 is 17.4 Å². The van der Waals surface area contributed by atoms with Crippen LogP contribution in [0.15, 0.2) is 72.8 Å². The number of unbranched alkanes of at least 4 members (excludes halogenated alkanes) is 36. The van der Waals surface area contributed by atoms with Crippen molar-refractivity contribution in [1.82, 2.24) is 0 Å². The van der Waals surface area contributed by atoms with Gasteiger partial charge in [0.15, 0.2) is 0 Å². The molecular formula is C63H105AlO3. The molecule has 3 rings (SSSR count). The molecule has 0 N–H and O–H groups in total. The molecule has 4 heteroatoms. The van der Waals surface area contributed by atoms with E-state index in [4.69, 9.17) is 0 Å². The fraction of sp³-hybridized carbons (Fsp3) is 0.714. The van der Waals surface area contributed by atoms with Crippen LogP contribution in [0.5, 0.6) is 17.2 Å². The van der Waals surface area contributed by atoms with Crippen molar-refractivity contribution in [2.75, 3.05) is 0 Å². The number of rotatable bonds is 42. The first-order chi connectivity index (χ1) is 32.5. The third-order valence-corrected chi connectivity index (χ3v) is 13.6. The minimum atomic E-state index is 0. The third kappa shape index (κ3) is 42.2. The van der Waals surface area contributed by atoms with Crippen LogP contribution in [0.4, 0.5) is 0 Å². The van der Waals surface area contributed by atoms with Gasteiger partial charge in [0.05, 0.1) is 0 Å². The summed E-state index contributed by atoms with van der Waals surface area (Å²) in [5.74, 6) is 0.629. The summed E-state index contributed by atoms with van der Waals surface area (Å²) in [5, 5.41) is 34.7. The molecule has 0 radical (unpaired) electrons. The van der Waals surface area contributed by atoms with Crippen molar-refractivity contribution in [2.24, 2.45) is 0 Å². The molecule has 0 atom stereocenters. The summed E-state index contributed by atoms with van der Waals surface area (Å²) >= 11 is 0. The van der Waals surface area contributed by atoms with Crippen molar-refractivity contribution in [3.05, 3.63) is 89.5 Å². The van der Waals surface area contributed by atoms with E-state index in [-0.39, 0.29) is 34.6 Å². The van der Waals surface area contributed by atoms with Gasteiger partial charge in [0.25, 0.3) is 0 Å². The number of benzene rings is 3. The molecule has 0 aromatic heterocycles. The molecule has 0 aliphatic heterocycles. The summed E-state index contributed by atoms with van der Waals surface area (Å²) in [6.45, 7) is 6.83. The van der Waals surface area contributed by atoms with Gasteiger partial charge in [-0.05, 0) is 38.5 Å². The van der Waals surface area contributed by atoms with Crippen molar-refractivity contribution in [2.45, 2.75) is 290 Å². The average molecular weight is 938 g/mol. The molecule has 0 saturated heterocycles. The van der Waals surface area contributed by atoms with E-state index < -0.39 is 0 Å². The largest absolute Gasteiger partial charge is 3.00 e. The van der Waals surface area contributed by atoms with E-state index in [1.165, 1.54) is 231 Å². The van der Waals surface area contributed by atoms with E-state index in [0.717, 1.165) is 55.2 Å². The van der Waals surface area contributed by atoms with Crippen molar-refractivity contribution < 1.29 is 15.3 Å².